The van der Waals surface area contributed by atoms with Crippen molar-refractivity contribution in [3.05, 3.63) is 48.2 Å². The van der Waals surface area contributed by atoms with Crippen molar-refractivity contribution in [2.45, 2.75) is 11.3 Å². The predicted molar refractivity (Wildman–Crippen MR) is 99.1 cm³/mol. The summed E-state index contributed by atoms with van der Waals surface area (Å²) in [5.41, 5.74) is 1.81. The van der Waals surface area contributed by atoms with E-state index in [0.29, 0.717) is 26.6 Å². The molecule has 7 nitrogen and oxygen atoms in total. The second-order valence-corrected chi connectivity index (χ2v) is 8.82. The molecule has 0 fully saturated rings. The number of carbonyl (C=O) groups excluding carboxylic acids is 1. The lowest BCUT2D eigenvalue weighted by molar-refractivity contribution is -0.115. The molecule has 0 aliphatic rings. The number of anilines is 1. The Kier molecular flexibility index (Phi) is 3.97. The van der Waals surface area contributed by atoms with Gasteiger partial charge in [0.25, 0.3) is 0 Å². The number of hydrogen-bond acceptors (Lipinski definition) is 7. The van der Waals surface area contributed by atoms with Gasteiger partial charge in [-0.1, -0.05) is 28.6 Å². The molecule has 0 atom stereocenters. The standard InChI is InChI=1S/C17H13N3O4S2/c1-26(22,23)10-6-7-12-15(8-10)25-17(18-12)19-16(21)9-13-11-4-2-3-5-14(11)24-20-13/h2-8H,9H2,1H3,(H,18,19,21). The van der Waals surface area contributed by atoms with Gasteiger partial charge in [-0.05, 0) is 30.3 Å². The van der Waals surface area contributed by atoms with E-state index < -0.39 is 9.84 Å². The number of thiazole rings is 1. The number of hydrogen-bond donors (Lipinski definition) is 1. The number of nitrogens with one attached hydrogen (secondary N) is 1. The fourth-order valence-corrected chi connectivity index (χ4v) is 4.21. The zero-order valence-corrected chi connectivity index (χ0v) is 15.2. The van der Waals surface area contributed by atoms with Crippen molar-refractivity contribution in [3.63, 3.8) is 0 Å². The van der Waals surface area contributed by atoms with Crippen molar-refractivity contribution in [1.82, 2.24) is 10.1 Å². The van der Waals surface area contributed by atoms with E-state index in [1.807, 2.05) is 18.2 Å². The SMILES string of the molecule is CS(=O)(=O)c1ccc2nc(NC(=O)Cc3noc4ccccc34)sc2c1. The van der Waals surface area contributed by atoms with Crippen molar-refractivity contribution in [3.8, 4) is 0 Å². The van der Waals surface area contributed by atoms with E-state index in [1.165, 1.54) is 17.4 Å². The lowest BCUT2D eigenvalue weighted by atomic mass is 10.2. The van der Waals surface area contributed by atoms with Gasteiger partial charge >= 0.3 is 0 Å². The highest BCUT2D eigenvalue weighted by molar-refractivity contribution is 7.90. The number of aromatic nitrogens is 2. The number of carbonyl (C=O) groups is 1. The average molecular weight is 387 g/mol. The minimum absolute atomic E-state index is 0.0571. The van der Waals surface area contributed by atoms with Crippen LogP contribution >= 0.6 is 11.3 Å². The molecule has 4 rings (SSSR count). The smallest absolute Gasteiger partial charge is 0.232 e. The molecule has 0 saturated carbocycles. The summed E-state index contributed by atoms with van der Waals surface area (Å²) in [5.74, 6) is -0.272. The summed E-state index contributed by atoms with van der Waals surface area (Å²) in [6.07, 6.45) is 1.21. The molecule has 0 aliphatic heterocycles. The van der Waals surface area contributed by atoms with E-state index in [4.69, 9.17) is 4.52 Å². The molecule has 1 N–H and O–H groups in total. The van der Waals surface area contributed by atoms with Crippen LogP contribution in [-0.4, -0.2) is 30.7 Å². The quantitative estimate of drug-likeness (QED) is 0.577. The Hall–Kier alpha value is -2.78. The van der Waals surface area contributed by atoms with Crippen molar-refractivity contribution >= 4 is 53.4 Å². The van der Waals surface area contributed by atoms with Crippen LogP contribution in [-0.2, 0) is 21.1 Å². The monoisotopic (exact) mass is 387 g/mol. The normalized spacial score (nSPS) is 11.9. The number of nitrogens with zero attached hydrogens (tertiary/aromatic N) is 2. The summed E-state index contributed by atoms with van der Waals surface area (Å²) in [4.78, 5) is 16.8. The molecule has 2 aromatic carbocycles. The number of benzene rings is 2. The third kappa shape index (κ3) is 3.18. The lowest BCUT2D eigenvalue weighted by Crippen LogP contribution is -2.14. The van der Waals surface area contributed by atoms with Gasteiger partial charge in [0.15, 0.2) is 20.6 Å². The zero-order valence-electron chi connectivity index (χ0n) is 13.6. The van der Waals surface area contributed by atoms with Crippen LogP contribution in [0.15, 0.2) is 51.9 Å². The Morgan fingerprint density at radius 2 is 2.04 bits per heavy atom. The van der Waals surface area contributed by atoms with Crippen LogP contribution in [0.25, 0.3) is 21.2 Å². The van der Waals surface area contributed by atoms with Crippen LogP contribution in [0, 0.1) is 0 Å². The largest absolute Gasteiger partial charge is 0.356 e. The first kappa shape index (κ1) is 16.7. The molecular weight excluding hydrogens is 374 g/mol. The Morgan fingerprint density at radius 3 is 2.85 bits per heavy atom. The Labute approximate surface area is 152 Å². The Morgan fingerprint density at radius 1 is 1.23 bits per heavy atom. The summed E-state index contributed by atoms with van der Waals surface area (Å²) < 4.78 is 29.2. The first-order chi connectivity index (χ1) is 12.4. The molecule has 132 valence electrons. The van der Waals surface area contributed by atoms with Crippen molar-refractivity contribution in [2.75, 3.05) is 11.6 Å². The minimum Gasteiger partial charge on any atom is -0.356 e. The van der Waals surface area contributed by atoms with E-state index >= 15 is 0 Å². The van der Waals surface area contributed by atoms with Crippen molar-refractivity contribution in [1.29, 1.82) is 0 Å². The molecule has 2 heterocycles. The summed E-state index contributed by atoms with van der Waals surface area (Å²) >= 11 is 1.22. The van der Waals surface area contributed by atoms with Crippen LogP contribution in [0.2, 0.25) is 0 Å². The number of para-hydroxylation sites is 1. The van der Waals surface area contributed by atoms with Gasteiger partial charge in [-0.2, -0.15) is 0 Å². The maximum absolute atomic E-state index is 12.3. The van der Waals surface area contributed by atoms with E-state index in [9.17, 15) is 13.2 Å². The molecule has 0 radical (unpaired) electrons. The van der Waals surface area contributed by atoms with Gasteiger partial charge in [-0.15, -0.1) is 0 Å². The molecule has 26 heavy (non-hydrogen) atoms. The van der Waals surface area contributed by atoms with Crippen LogP contribution in [0.5, 0.6) is 0 Å². The van der Waals surface area contributed by atoms with Gasteiger partial charge < -0.3 is 9.84 Å². The fourth-order valence-electron chi connectivity index (χ4n) is 2.57. The van der Waals surface area contributed by atoms with Crippen molar-refractivity contribution in [2.24, 2.45) is 0 Å². The lowest BCUT2D eigenvalue weighted by Gasteiger charge is -1.98. The van der Waals surface area contributed by atoms with Gasteiger partial charge in [0, 0.05) is 11.6 Å². The second-order valence-electron chi connectivity index (χ2n) is 5.77. The summed E-state index contributed by atoms with van der Waals surface area (Å²) in [6.45, 7) is 0. The van der Waals surface area contributed by atoms with Gasteiger partial charge in [0.2, 0.25) is 5.91 Å². The zero-order chi connectivity index (χ0) is 18.3. The summed E-state index contributed by atoms with van der Waals surface area (Å²) in [6, 6.07) is 12.0. The second kappa shape index (κ2) is 6.19. The third-order valence-electron chi connectivity index (χ3n) is 3.81. The molecule has 0 bridgehead atoms. The fraction of sp³-hybridized carbons (Fsp3) is 0.118. The highest BCUT2D eigenvalue weighted by Crippen LogP contribution is 2.28. The maximum Gasteiger partial charge on any atom is 0.232 e. The molecular formula is C17H13N3O4S2. The molecule has 0 spiro atoms. The highest BCUT2D eigenvalue weighted by Gasteiger charge is 2.15. The third-order valence-corrected chi connectivity index (χ3v) is 5.86. The van der Waals surface area contributed by atoms with E-state index in [0.717, 1.165) is 11.6 Å². The van der Waals surface area contributed by atoms with Gasteiger partial charge in [-0.3, -0.25) is 4.79 Å². The Balaban J connectivity index is 1.56. The number of rotatable bonds is 4. The maximum atomic E-state index is 12.3. The van der Waals surface area contributed by atoms with E-state index in [-0.39, 0.29) is 17.2 Å². The highest BCUT2D eigenvalue weighted by atomic mass is 32.2. The Bertz CT molecular complexity index is 1240. The molecule has 2 aromatic heterocycles. The molecule has 1 amide bonds. The predicted octanol–water partition coefficient (Wildman–Crippen LogP) is 3.02. The first-order valence-electron chi connectivity index (χ1n) is 7.64. The van der Waals surface area contributed by atoms with Crippen molar-refractivity contribution < 1.29 is 17.7 Å². The topological polar surface area (TPSA) is 102 Å². The van der Waals surface area contributed by atoms with Gasteiger partial charge in [-0.25, -0.2) is 13.4 Å². The molecule has 9 heteroatoms. The van der Waals surface area contributed by atoms with E-state index in [1.54, 1.807) is 18.2 Å². The van der Waals surface area contributed by atoms with Crippen LogP contribution in [0.3, 0.4) is 0 Å². The minimum atomic E-state index is -3.29. The molecule has 0 aliphatic carbocycles. The molecule has 0 saturated heterocycles. The van der Waals surface area contributed by atoms with Gasteiger partial charge in [0.1, 0.15) is 5.69 Å². The summed E-state index contributed by atoms with van der Waals surface area (Å²) in [5, 5.41) is 7.87. The van der Waals surface area contributed by atoms with Crippen LogP contribution in [0.1, 0.15) is 5.69 Å². The first-order valence-corrected chi connectivity index (χ1v) is 10.3. The number of fused-ring (bicyclic) bond motifs is 2. The molecule has 0 unspecified atom stereocenters. The molecule has 4 aromatic rings. The summed E-state index contributed by atoms with van der Waals surface area (Å²) in [7, 11) is -3.29. The number of amides is 1. The van der Waals surface area contributed by atoms with Crippen LogP contribution in [0.4, 0.5) is 5.13 Å². The van der Waals surface area contributed by atoms with Gasteiger partial charge in [0.05, 0.1) is 21.5 Å². The number of sulfone groups is 1. The van der Waals surface area contributed by atoms with E-state index in [2.05, 4.69) is 15.5 Å². The average Bonchev–Trinajstić information content (AvgIpc) is 3.17. The van der Waals surface area contributed by atoms with Crippen LogP contribution < -0.4 is 5.32 Å².